The number of nitrogens with zero attached hydrogens (tertiary/aromatic N) is 2. The van der Waals surface area contributed by atoms with Crippen LogP contribution in [0.3, 0.4) is 0 Å². The van der Waals surface area contributed by atoms with Crippen LogP contribution in [0.5, 0.6) is 5.88 Å². The third-order valence-electron chi connectivity index (χ3n) is 4.85. The molecule has 0 unspecified atom stereocenters. The second-order valence-corrected chi connectivity index (χ2v) is 7.09. The Hall–Kier alpha value is -1.84. The van der Waals surface area contributed by atoms with E-state index in [-0.39, 0.29) is 0 Å². The van der Waals surface area contributed by atoms with E-state index in [0.717, 1.165) is 25.2 Å². The van der Waals surface area contributed by atoms with Gasteiger partial charge < -0.3 is 4.74 Å². The van der Waals surface area contributed by atoms with Gasteiger partial charge in [-0.05, 0) is 56.0 Å². The van der Waals surface area contributed by atoms with E-state index in [0.29, 0.717) is 16.8 Å². The maximum absolute atomic E-state index is 6.08. The molecule has 3 rings (SSSR count). The van der Waals surface area contributed by atoms with Gasteiger partial charge >= 0.3 is 0 Å². The van der Waals surface area contributed by atoms with E-state index in [4.69, 9.17) is 16.3 Å². The molecule has 1 aliphatic heterocycles. The lowest BCUT2D eigenvalue weighted by molar-refractivity contribution is 0.193. The Morgan fingerprint density at radius 1 is 1.28 bits per heavy atom. The monoisotopic (exact) mass is 356 g/mol. The van der Waals surface area contributed by atoms with Crippen LogP contribution < -0.4 is 4.74 Å². The minimum atomic E-state index is 0.648. The molecule has 0 amide bonds. The van der Waals surface area contributed by atoms with Crippen LogP contribution in [0.4, 0.5) is 0 Å². The highest BCUT2D eigenvalue weighted by atomic mass is 35.5. The number of ether oxygens (including phenoxy) is 1. The van der Waals surface area contributed by atoms with Crippen molar-refractivity contribution in [1.82, 2.24) is 9.88 Å². The van der Waals surface area contributed by atoms with Crippen LogP contribution in [0.1, 0.15) is 29.5 Å². The van der Waals surface area contributed by atoms with Crippen LogP contribution in [0.15, 0.2) is 42.6 Å². The van der Waals surface area contributed by atoms with Crippen molar-refractivity contribution < 1.29 is 4.74 Å². The highest BCUT2D eigenvalue weighted by Crippen LogP contribution is 2.25. The van der Waals surface area contributed by atoms with Crippen LogP contribution in [0.25, 0.3) is 6.08 Å². The van der Waals surface area contributed by atoms with Crippen LogP contribution >= 0.6 is 11.6 Å². The predicted octanol–water partition coefficient (Wildman–Crippen LogP) is 4.98. The third kappa shape index (κ3) is 4.83. The van der Waals surface area contributed by atoms with E-state index in [1.165, 1.54) is 24.0 Å². The number of allylic oxidation sites excluding steroid dienone is 1. The zero-order valence-corrected chi connectivity index (χ0v) is 15.7. The Morgan fingerprint density at radius 2 is 2.04 bits per heavy atom. The summed E-state index contributed by atoms with van der Waals surface area (Å²) in [6.45, 7) is 5.16. The van der Waals surface area contributed by atoms with Gasteiger partial charge in [-0.25, -0.2) is 4.98 Å². The molecule has 4 heteroatoms. The molecule has 0 radical (unpaired) electrons. The summed E-state index contributed by atoms with van der Waals surface area (Å²) >= 11 is 6.08. The first-order valence-electron chi connectivity index (χ1n) is 8.80. The Morgan fingerprint density at radius 3 is 2.76 bits per heavy atom. The average Bonchev–Trinajstić information content (AvgIpc) is 2.62. The quantitative estimate of drug-likeness (QED) is 0.755. The lowest BCUT2D eigenvalue weighted by atomic mass is 9.95. The van der Waals surface area contributed by atoms with Crippen LogP contribution in [0.2, 0.25) is 5.02 Å². The van der Waals surface area contributed by atoms with E-state index in [9.17, 15) is 0 Å². The van der Waals surface area contributed by atoms with Crippen molar-refractivity contribution in [1.29, 1.82) is 0 Å². The second-order valence-electron chi connectivity index (χ2n) is 6.65. The summed E-state index contributed by atoms with van der Waals surface area (Å²) in [5, 5.41) is 0.659. The minimum Gasteiger partial charge on any atom is -0.481 e. The Bertz CT molecular complexity index is 736. The molecule has 0 spiro atoms. The van der Waals surface area contributed by atoms with Gasteiger partial charge in [-0.2, -0.15) is 0 Å². The van der Waals surface area contributed by atoms with Gasteiger partial charge in [0.25, 0.3) is 0 Å². The summed E-state index contributed by atoms with van der Waals surface area (Å²) in [4.78, 5) is 6.71. The molecular weight excluding hydrogens is 332 g/mol. The molecule has 0 bridgehead atoms. The third-order valence-corrected chi connectivity index (χ3v) is 5.05. The molecule has 1 aliphatic rings. The standard InChI is InChI=1S/C21H25ClN2O/c1-16-5-3-4-6-18(16)8-7-17-9-11-24(12-10-17)15-19-13-20(22)14-23-21(19)25-2/h3-8,13-14,17H,9-12,15H2,1-2H3/b8-7+. The molecule has 132 valence electrons. The van der Waals surface area contributed by atoms with Gasteiger partial charge in [0, 0.05) is 18.3 Å². The highest BCUT2D eigenvalue weighted by Gasteiger charge is 2.19. The fourth-order valence-corrected chi connectivity index (χ4v) is 3.50. The number of aryl methyl sites for hydroxylation is 1. The van der Waals surface area contributed by atoms with Gasteiger partial charge in [0.1, 0.15) is 0 Å². The highest BCUT2D eigenvalue weighted by molar-refractivity contribution is 6.30. The van der Waals surface area contributed by atoms with Crippen molar-refractivity contribution >= 4 is 17.7 Å². The number of hydrogen-bond acceptors (Lipinski definition) is 3. The topological polar surface area (TPSA) is 25.4 Å². The van der Waals surface area contributed by atoms with E-state index in [1.54, 1.807) is 13.3 Å². The number of benzene rings is 1. The smallest absolute Gasteiger partial charge is 0.217 e. The maximum Gasteiger partial charge on any atom is 0.217 e. The van der Waals surface area contributed by atoms with Crippen molar-refractivity contribution in [2.24, 2.45) is 5.92 Å². The van der Waals surface area contributed by atoms with Gasteiger partial charge in [0.05, 0.1) is 12.1 Å². The zero-order chi connectivity index (χ0) is 17.6. The number of piperidine rings is 1. The summed E-state index contributed by atoms with van der Waals surface area (Å²) in [5.74, 6) is 1.32. The number of halogens is 1. The Labute approximate surface area is 155 Å². The van der Waals surface area contributed by atoms with Crippen molar-refractivity contribution in [3.8, 4) is 5.88 Å². The molecule has 1 aromatic heterocycles. The molecule has 2 aromatic rings. The van der Waals surface area contributed by atoms with Gasteiger partial charge in [-0.15, -0.1) is 0 Å². The first kappa shape index (κ1) is 18.0. The molecule has 0 saturated carbocycles. The number of aromatic nitrogens is 1. The van der Waals surface area contributed by atoms with Gasteiger partial charge in [0.2, 0.25) is 5.88 Å². The Balaban J connectivity index is 1.56. The van der Waals surface area contributed by atoms with Crippen molar-refractivity contribution in [2.75, 3.05) is 20.2 Å². The van der Waals surface area contributed by atoms with Crippen LogP contribution in [-0.2, 0) is 6.54 Å². The second kappa shape index (κ2) is 8.50. The number of rotatable bonds is 5. The summed E-state index contributed by atoms with van der Waals surface area (Å²) in [5.41, 5.74) is 3.71. The molecule has 1 saturated heterocycles. The fraction of sp³-hybridized carbons (Fsp3) is 0.381. The minimum absolute atomic E-state index is 0.648. The van der Waals surface area contributed by atoms with Crippen molar-refractivity contribution in [3.05, 3.63) is 64.3 Å². The summed E-state index contributed by atoms with van der Waals surface area (Å²) in [7, 11) is 1.66. The number of pyridine rings is 1. The first-order chi connectivity index (χ1) is 12.2. The number of hydrogen-bond donors (Lipinski definition) is 0. The maximum atomic E-state index is 6.08. The van der Waals surface area contributed by atoms with E-state index in [1.807, 2.05) is 6.07 Å². The average molecular weight is 357 g/mol. The predicted molar refractivity (Wildman–Crippen MR) is 104 cm³/mol. The molecule has 2 heterocycles. The molecule has 1 fully saturated rings. The lowest BCUT2D eigenvalue weighted by Gasteiger charge is -2.30. The number of methoxy groups -OCH3 is 1. The molecule has 0 N–H and O–H groups in total. The molecule has 0 aliphatic carbocycles. The largest absolute Gasteiger partial charge is 0.481 e. The normalized spacial score (nSPS) is 16.4. The lowest BCUT2D eigenvalue weighted by Crippen LogP contribution is -2.32. The van der Waals surface area contributed by atoms with E-state index < -0.39 is 0 Å². The summed E-state index contributed by atoms with van der Waals surface area (Å²) in [6.07, 6.45) is 8.64. The van der Waals surface area contributed by atoms with Crippen LogP contribution in [-0.4, -0.2) is 30.1 Å². The van der Waals surface area contributed by atoms with Gasteiger partial charge in [0.15, 0.2) is 0 Å². The molecule has 25 heavy (non-hydrogen) atoms. The molecule has 1 aromatic carbocycles. The molecule has 3 nitrogen and oxygen atoms in total. The summed E-state index contributed by atoms with van der Waals surface area (Å²) < 4.78 is 5.35. The fourth-order valence-electron chi connectivity index (χ4n) is 3.32. The molecular formula is C21H25ClN2O. The van der Waals surface area contributed by atoms with Crippen molar-refractivity contribution in [3.63, 3.8) is 0 Å². The SMILES string of the molecule is COc1ncc(Cl)cc1CN1CCC(/C=C/c2ccccc2C)CC1. The van der Waals surface area contributed by atoms with Crippen LogP contribution in [0, 0.1) is 12.8 Å². The van der Waals surface area contributed by atoms with E-state index >= 15 is 0 Å². The zero-order valence-electron chi connectivity index (χ0n) is 14.9. The van der Waals surface area contributed by atoms with Gasteiger partial charge in [-0.3, -0.25) is 4.90 Å². The Kier molecular flexibility index (Phi) is 6.11. The van der Waals surface area contributed by atoms with Crippen molar-refractivity contribution in [2.45, 2.75) is 26.3 Å². The summed E-state index contributed by atoms with van der Waals surface area (Å²) in [6, 6.07) is 10.5. The molecule has 0 atom stereocenters. The van der Waals surface area contributed by atoms with Gasteiger partial charge in [-0.1, -0.05) is 48.0 Å². The number of likely N-dealkylation sites (tertiary alicyclic amines) is 1. The van der Waals surface area contributed by atoms with E-state index in [2.05, 4.69) is 53.2 Å². The first-order valence-corrected chi connectivity index (χ1v) is 9.18.